The van der Waals surface area contributed by atoms with Gasteiger partial charge >= 0.3 is 0 Å². The molecule has 0 aliphatic rings. The van der Waals surface area contributed by atoms with Crippen molar-refractivity contribution in [1.82, 2.24) is 9.78 Å². The summed E-state index contributed by atoms with van der Waals surface area (Å²) in [5, 5.41) is 14.2. The van der Waals surface area contributed by atoms with E-state index in [1.54, 1.807) is 7.05 Å². The number of aryl methyl sites for hydroxylation is 2. The summed E-state index contributed by atoms with van der Waals surface area (Å²) in [4.78, 5) is 10.5. The summed E-state index contributed by atoms with van der Waals surface area (Å²) in [6, 6.07) is 0. The number of carboxylic acid groups (broad SMARTS) is 1. The first-order chi connectivity index (χ1) is 5.16. The summed E-state index contributed by atoms with van der Waals surface area (Å²) in [7, 11) is 1.57. The van der Waals surface area contributed by atoms with Crippen LogP contribution in [-0.4, -0.2) is 15.7 Å². The van der Waals surface area contributed by atoms with Gasteiger partial charge in [0.15, 0.2) is 0 Å². The summed E-state index contributed by atoms with van der Waals surface area (Å²) in [6.07, 6.45) is 1.46. The van der Waals surface area contributed by atoms with E-state index in [1.165, 1.54) is 15.6 Å². The van der Waals surface area contributed by atoms with Crippen LogP contribution in [-0.2, 0) is 13.6 Å². The van der Waals surface area contributed by atoms with Crippen LogP contribution in [0, 0.1) is 0 Å². The van der Waals surface area contributed by atoms with Crippen LogP contribution in [0.2, 0.25) is 0 Å². The maximum absolute atomic E-state index is 10.5. The van der Waals surface area contributed by atoms with Gasteiger partial charge in [0.05, 0.1) is 13.6 Å². The number of aromatic carboxylic acids is 1. The molecule has 5 heteroatoms. The molecule has 0 radical (unpaired) electrons. The smallest absolute Gasteiger partial charge is 0.282 e. The minimum absolute atomic E-state index is 0.0903. The zero-order valence-corrected chi connectivity index (χ0v) is 6.44. The topological polar surface area (TPSA) is 61.8 Å². The molecule has 60 valence electrons. The molecule has 0 saturated heterocycles. The Hall–Kier alpha value is -1.39. The molecule has 1 heterocycles. The van der Waals surface area contributed by atoms with E-state index >= 15 is 0 Å². The van der Waals surface area contributed by atoms with E-state index in [0.29, 0.717) is 6.54 Å². The fourth-order valence-corrected chi connectivity index (χ4v) is 0.916. The standard InChI is InChI=1S/C6H9N3O2/c1-3-9-4-7-8(2)5(9)6(10)11/h4H,3H2,1-2H3. The minimum atomic E-state index is -1.20. The highest BCUT2D eigenvalue weighted by molar-refractivity contribution is 5.79. The average Bonchev–Trinajstić information content (AvgIpc) is 2.30. The van der Waals surface area contributed by atoms with E-state index in [2.05, 4.69) is 5.10 Å². The fraction of sp³-hybridized carbons (Fsp3) is 0.500. The molecule has 0 aliphatic heterocycles. The van der Waals surface area contributed by atoms with Gasteiger partial charge in [0.25, 0.3) is 12.2 Å². The van der Waals surface area contributed by atoms with Gasteiger partial charge in [-0.15, -0.1) is 4.68 Å². The van der Waals surface area contributed by atoms with Crippen molar-refractivity contribution in [1.29, 1.82) is 0 Å². The SMILES string of the molecule is CC[n+]1cnn(C)c1C(=O)[O-]. The van der Waals surface area contributed by atoms with Crippen molar-refractivity contribution in [2.45, 2.75) is 13.5 Å². The van der Waals surface area contributed by atoms with Gasteiger partial charge in [0.2, 0.25) is 0 Å². The molecular formula is C6H9N3O2. The summed E-state index contributed by atoms with van der Waals surface area (Å²) in [5.41, 5.74) is 0. The number of carboxylic acids is 1. The Bertz CT molecular complexity index is 279. The number of nitrogens with zero attached hydrogens (tertiary/aromatic N) is 3. The number of aromatic nitrogens is 3. The Morgan fingerprint density at radius 1 is 1.91 bits per heavy atom. The van der Waals surface area contributed by atoms with Gasteiger partial charge in [-0.2, -0.15) is 0 Å². The van der Waals surface area contributed by atoms with E-state index in [4.69, 9.17) is 0 Å². The maximum Gasteiger partial charge on any atom is 0.282 e. The van der Waals surface area contributed by atoms with E-state index in [9.17, 15) is 9.90 Å². The highest BCUT2D eigenvalue weighted by Crippen LogP contribution is 1.84. The summed E-state index contributed by atoms with van der Waals surface area (Å²) in [6.45, 7) is 2.42. The summed E-state index contributed by atoms with van der Waals surface area (Å²) in [5.74, 6) is -1.11. The number of hydrogen-bond acceptors (Lipinski definition) is 3. The second kappa shape index (κ2) is 2.69. The van der Waals surface area contributed by atoms with Gasteiger partial charge in [0.1, 0.15) is 5.97 Å². The first-order valence-corrected chi connectivity index (χ1v) is 3.29. The molecule has 0 amide bonds. The Labute approximate surface area is 63.9 Å². The Kier molecular flexibility index (Phi) is 1.89. The number of carbonyl (C=O) groups is 1. The van der Waals surface area contributed by atoms with Crippen LogP contribution in [0.3, 0.4) is 0 Å². The molecule has 0 spiro atoms. The van der Waals surface area contributed by atoms with Crippen LogP contribution in [0.15, 0.2) is 6.33 Å². The van der Waals surface area contributed by atoms with Crippen molar-refractivity contribution in [3.05, 3.63) is 12.2 Å². The lowest BCUT2D eigenvalue weighted by Crippen LogP contribution is -2.43. The number of carbonyl (C=O) groups excluding carboxylic acids is 1. The van der Waals surface area contributed by atoms with Gasteiger partial charge in [-0.05, 0) is 6.92 Å². The Morgan fingerprint density at radius 3 is 2.91 bits per heavy atom. The molecule has 0 bridgehead atoms. The molecule has 5 nitrogen and oxygen atoms in total. The quantitative estimate of drug-likeness (QED) is 0.468. The molecule has 0 atom stereocenters. The monoisotopic (exact) mass is 155 g/mol. The highest BCUT2D eigenvalue weighted by atomic mass is 16.4. The average molecular weight is 155 g/mol. The number of hydrogen-bond donors (Lipinski definition) is 0. The Morgan fingerprint density at radius 2 is 2.55 bits per heavy atom. The van der Waals surface area contributed by atoms with Crippen LogP contribution < -0.4 is 9.67 Å². The minimum Gasteiger partial charge on any atom is -0.539 e. The van der Waals surface area contributed by atoms with Crippen LogP contribution in [0.5, 0.6) is 0 Å². The fourth-order valence-electron chi connectivity index (χ4n) is 0.916. The summed E-state index contributed by atoms with van der Waals surface area (Å²) >= 11 is 0. The van der Waals surface area contributed by atoms with Crippen molar-refractivity contribution in [3.63, 3.8) is 0 Å². The molecule has 0 saturated carbocycles. The predicted molar refractivity (Wildman–Crippen MR) is 33.4 cm³/mol. The van der Waals surface area contributed by atoms with E-state index in [-0.39, 0.29) is 5.82 Å². The van der Waals surface area contributed by atoms with Crippen LogP contribution >= 0.6 is 0 Å². The second-order valence-electron chi connectivity index (χ2n) is 2.15. The Balaban J connectivity index is 3.17. The molecule has 1 aromatic heterocycles. The van der Waals surface area contributed by atoms with Gasteiger partial charge in [-0.1, -0.05) is 0 Å². The van der Waals surface area contributed by atoms with Gasteiger partial charge in [0, 0.05) is 5.10 Å². The van der Waals surface area contributed by atoms with E-state index in [0.717, 1.165) is 0 Å². The molecule has 11 heavy (non-hydrogen) atoms. The largest absolute Gasteiger partial charge is 0.539 e. The highest BCUT2D eigenvalue weighted by Gasteiger charge is 2.14. The lowest BCUT2D eigenvalue weighted by atomic mass is 10.5. The molecule has 0 aromatic carbocycles. The van der Waals surface area contributed by atoms with Crippen LogP contribution in [0.25, 0.3) is 0 Å². The third-order valence-corrected chi connectivity index (χ3v) is 1.47. The van der Waals surface area contributed by atoms with Crippen molar-refractivity contribution < 1.29 is 14.5 Å². The zero-order valence-electron chi connectivity index (χ0n) is 6.44. The predicted octanol–water partition coefficient (Wildman–Crippen LogP) is -1.91. The first kappa shape index (κ1) is 7.71. The van der Waals surface area contributed by atoms with Crippen molar-refractivity contribution >= 4 is 5.97 Å². The van der Waals surface area contributed by atoms with Crippen LogP contribution in [0.4, 0.5) is 0 Å². The molecule has 0 N–H and O–H groups in total. The van der Waals surface area contributed by atoms with Crippen LogP contribution in [0.1, 0.15) is 17.5 Å². The molecule has 0 unspecified atom stereocenters. The third-order valence-electron chi connectivity index (χ3n) is 1.47. The van der Waals surface area contributed by atoms with Gasteiger partial charge in [-0.3, -0.25) is 0 Å². The molecular weight excluding hydrogens is 146 g/mol. The van der Waals surface area contributed by atoms with E-state index in [1.807, 2.05) is 6.92 Å². The summed E-state index contributed by atoms with van der Waals surface area (Å²) < 4.78 is 2.79. The van der Waals surface area contributed by atoms with E-state index < -0.39 is 5.97 Å². The molecule has 0 fully saturated rings. The number of rotatable bonds is 2. The van der Waals surface area contributed by atoms with Crippen molar-refractivity contribution in [2.75, 3.05) is 0 Å². The molecule has 0 aliphatic carbocycles. The first-order valence-electron chi connectivity index (χ1n) is 3.29. The molecule has 1 aromatic rings. The normalized spacial score (nSPS) is 10.0. The van der Waals surface area contributed by atoms with Crippen molar-refractivity contribution in [2.24, 2.45) is 7.05 Å². The maximum atomic E-state index is 10.5. The van der Waals surface area contributed by atoms with Gasteiger partial charge in [-0.25, -0.2) is 4.57 Å². The zero-order chi connectivity index (χ0) is 8.43. The van der Waals surface area contributed by atoms with Gasteiger partial charge < -0.3 is 9.90 Å². The third kappa shape index (κ3) is 1.21. The second-order valence-corrected chi connectivity index (χ2v) is 2.15. The lowest BCUT2D eigenvalue weighted by Gasteiger charge is -1.98. The van der Waals surface area contributed by atoms with Crippen molar-refractivity contribution in [3.8, 4) is 0 Å². The molecule has 1 rings (SSSR count). The lowest BCUT2D eigenvalue weighted by molar-refractivity contribution is -0.698.